The summed E-state index contributed by atoms with van der Waals surface area (Å²) in [4.78, 5) is 0.430. The summed E-state index contributed by atoms with van der Waals surface area (Å²) in [5, 5.41) is 3.36. The SMILES string of the molecule is CC(C)(C)c1ccc(S(=O)(=O)N2C3CCNCC2CC3)cc1. The number of rotatable bonds is 2. The molecule has 2 saturated heterocycles. The van der Waals surface area contributed by atoms with E-state index < -0.39 is 10.0 Å². The number of sulfonamides is 1. The number of nitrogens with one attached hydrogen (secondary N) is 1. The molecule has 2 fully saturated rings. The summed E-state index contributed by atoms with van der Waals surface area (Å²) < 4.78 is 27.9. The van der Waals surface area contributed by atoms with E-state index in [2.05, 4.69) is 26.1 Å². The Morgan fingerprint density at radius 2 is 1.68 bits per heavy atom. The Kier molecular flexibility index (Phi) is 4.08. The standard InChI is InChI=1S/C17H26N2O2S/c1-17(2,3)13-4-8-16(9-5-13)22(20,21)19-14-6-7-15(19)12-18-11-10-14/h4-5,8-9,14-15,18H,6-7,10-12H2,1-3H3. The van der Waals surface area contributed by atoms with Crippen molar-refractivity contribution in [2.24, 2.45) is 0 Å². The lowest BCUT2D eigenvalue weighted by atomic mass is 9.87. The average molecular weight is 322 g/mol. The van der Waals surface area contributed by atoms with Gasteiger partial charge < -0.3 is 5.32 Å². The van der Waals surface area contributed by atoms with Crippen LogP contribution >= 0.6 is 0 Å². The second kappa shape index (κ2) is 5.62. The molecular weight excluding hydrogens is 296 g/mol. The number of hydrogen-bond donors (Lipinski definition) is 1. The van der Waals surface area contributed by atoms with Crippen molar-refractivity contribution in [3.8, 4) is 0 Å². The number of hydrogen-bond acceptors (Lipinski definition) is 3. The van der Waals surface area contributed by atoms with E-state index in [9.17, 15) is 8.42 Å². The molecule has 0 amide bonds. The highest BCUT2D eigenvalue weighted by Gasteiger charge is 2.42. The van der Waals surface area contributed by atoms with Gasteiger partial charge in [-0.2, -0.15) is 4.31 Å². The molecule has 22 heavy (non-hydrogen) atoms. The van der Waals surface area contributed by atoms with Crippen LogP contribution in [0.1, 0.15) is 45.6 Å². The highest BCUT2D eigenvalue weighted by atomic mass is 32.2. The van der Waals surface area contributed by atoms with Crippen LogP contribution in [0.4, 0.5) is 0 Å². The predicted octanol–water partition coefficient (Wildman–Crippen LogP) is 2.50. The van der Waals surface area contributed by atoms with Gasteiger partial charge in [0.15, 0.2) is 0 Å². The van der Waals surface area contributed by atoms with Gasteiger partial charge in [0.25, 0.3) is 0 Å². The number of fused-ring (bicyclic) bond motifs is 2. The topological polar surface area (TPSA) is 49.4 Å². The lowest BCUT2D eigenvalue weighted by Gasteiger charge is -2.27. The van der Waals surface area contributed by atoms with Crippen molar-refractivity contribution in [2.45, 2.75) is 62.4 Å². The van der Waals surface area contributed by atoms with E-state index in [4.69, 9.17) is 0 Å². The van der Waals surface area contributed by atoms with Gasteiger partial charge in [-0.25, -0.2) is 8.42 Å². The second-order valence-electron chi connectivity index (χ2n) is 7.49. The van der Waals surface area contributed by atoms with Crippen molar-refractivity contribution in [3.63, 3.8) is 0 Å². The fourth-order valence-corrected chi connectivity index (χ4v) is 5.48. The maximum Gasteiger partial charge on any atom is 0.243 e. The number of nitrogens with zero attached hydrogens (tertiary/aromatic N) is 1. The smallest absolute Gasteiger partial charge is 0.243 e. The molecular formula is C17H26N2O2S. The van der Waals surface area contributed by atoms with Crippen molar-refractivity contribution in [1.82, 2.24) is 9.62 Å². The van der Waals surface area contributed by atoms with Crippen LogP contribution in [-0.4, -0.2) is 37.9 Å². The Labute approximate surface area is 134 Å². The number of benzene rings is 1. The van der Waals surface area contributed by atoms with Crippen molar-refractivity contribution in [1.29, 1.82) is 0 Å². The van der Waals surface area contributed by atoms with E-state index >= 15 is 0 Å². The molecule has 0 aliphatic carbocycles. The van der Waals surface area contributed by atoms with Gasteiger partial charge in [-0.3, -0.25) is 0 Å². The van der Waals surface area contributed by atoms with Crippen LogP contribution < -0.4 is 5.32 Å². The first-order valence-corrected chi connectivity index (χ1v) is 9.59. The van der Waals surface area contributed by atoms with E-state index in [1.54, 1.807) is 16.4 Å². The van der Waals surface area contributed by atoms with Crippen LogP contribution in [0.3, 0.4) is 0 Å². The first-order chi connectivity index (χ1) is 10.3. The first-order valence-electron chi connectivity index (χ1n) is 8.15. The molecule has 2 heterocycles. The Hall–Kier alpha value is -0.910. The van der Waals surface area contributed by atoms with Crippen molar-refractivity contribution in [2.75, 3.05) is 13.1 Å². The van der Waals surface area contributed by atoms with Gasteiger partial charge in [0.1, 0.15) is 0 Å². The molecule has 0 saturated carbocycles. The Bertz CT molecular complexity index is 618. The third kappa shape index (κ3) is 2.82. The van der Waals surface area contributed by atoms with Gasteiger partial charge in [0.05, 0.1) is 4.90 Å². The quantitative estimate of drug-likeness (QED) is 0.910. The first kappa shape index (κ1) is 16.0. The minimum atomic E-state index is -3.39. The zero-order valence-electron chi connectivity index (χ0n) is 13.7. The van der Waals surface area contributed by atoms with Crippen LogP contribution in [0.2, 0.25) is 0 Å². The molecule has 2 aliphatic rings. The third-order valence-electron chi connectivity index (χ3n) is 4.88. The molecule has 0 radical (unpaired) electrons. The Morgan fingerprint density at radius 3 is 2.32 bits per heavy atom. The summed E-state index contributed by atoms with van der Waals surface area (Å²) >= 11 is 0. The molecule has 3 rings (SSSR count). The molecule has 1 aromatic carbocycles. The molecule has 2 atom stereocenters. The zero-order valence-corrected chi connectivity index (χ0v) is 14.5. The molecule has 2 aliphatic heterocycles. The van der Waals surface area contributed by atoms with E-state index in [0.717, 1.165) is 37.9 Å². The molecule has 1 aromatic rings. The highest BCUT2D eigenvalue weighted by Crippen LogP contribution is 2.34. The summed E-state index contributed by atoms with van der Waals surface area (Å²) in [5.74, 6) is 0. The third-order valence-corrected chi connectivity index (χ3v) is 6.90. The van der Waals surface area contributed by atoms with E-state index in [1.165, 1.54) is 0 Å². The summed E-state index contributed by atoms with van der Waals surface area (Å²) in [7, 11) is -3.39. The fraction of sp³-hybridized carbons (Fsp3) is 0.647. The van der Waals surface area contributed by atoms with E-state index in [0.29, 0.717) is 4.90 Å². The maximum absolute atomic E-state index is 13.1. The molecule has 1 N–H and O–H groups in total. The largest absolute Gasteiger partial charge is 0.315 e. The summed E-state index contributed by atoms with van der Waals surface area (Å²) in [6.45, 7) is 8.09. The lowest BCUT2D eigenvalue weighted by Crippen LogP contribution is -2.42. The summed E-state index contributed by atoms with van der Waals surface area (Å²) in [5.41, 5.74) is 1.19. The fourth-order valence-electron chi connectivity index (χ4n) is 3.58. The molecule has 2 unspecified atom stereocenters. The highest BCUT2D eigenvalue weighted by molar-refractivity contribution is 7.89. The normalized spacial score (nSPS) is 26.9. The molecule has 0 aromatic heterocycles. The molecule has 2 bridgehead atoms. The van der Waals surface area contributed by atoms with Crippen LogP contribution in [0, 0.1) is 0 Å². The van der Waals surface area contributed by atoms with Crippen LogP contribution in [0.5, 0.6) is 0 Å². The van der Waals surface area contributed by atoms with Gasteiger partial charge in [0, 0.05) is 18.6 Å². The Balaban J connectivity index is 1.93. The van der Waals surface area contributed by atoms with Crippen molar-refractivity contribution in [3.05, 3.63) is 29.8 Å². The average Bonchev–Trinajstić information content (AvgIpc) is 2.72. The van der Waals surface area contributed by atoms with Gasteiger partial charge in [-0.15, -0.1) is 0 Å². The minimum Gasteiger partial charge on any atom is -0.315 e. The monoisotopic (exact) mass is 322 g/mol. The van der Waals surface area contributed by atoms with E-state index in [1.807, 2.05) is 12.1 Å². The lowest BCUT2D eigenvalue weighted by molar-refractivity contribution is 0.334. The summed E-state index contributed by atoms with van der Waals surface area (Å²) in [6.07, 6.45) is 2.87. The summed E-state index contributed by atoms with van der Waals surface area (Å²) in [6, 6.07) is 7.71. The van der Waals surface area contributed by atoms with Crippen molar-refractivity contribution >= 4 is 10.0 Å². The predicted molar refractivity (Wildman–Crippen MR) is 88.5 cm³/mol. The van der Waals surface area contributed by atoms with Crippen molar-refractivity contribution < 1.29 is 8.42 Å². The second-order valence-corrected chi connectivity index (χ2v) is 9.33. The van der Waals surface area contributed by atoms with E-state index in [-0.39, 0.29) is 17.5 Å². The van der Waals surface area contributed by atoms with Gasteiger partial charge in [-0.05, 0) is 48.9 Å². The molecule has 4 nitrogen and oxygen atoms in total. The molecule has 122 valence electrons. The molecule has 5 heteroatoms. The minimum absolute atomic E-state index is 0.0356. The van der Waals surface area contributed by atoms with Gasteiger partial charge in [-0.1, -0.05) is 32.9 Å². The van der Waals surface area contributed by atoms with Gasteiger partial charge in [0.2, 0.25) is 10.0 Å². The van der Waals surface area contributed by atoms with Crippen LogP contribution in [0.15, 0.2) is 29.2 Å². The van der Waals surface area contributed by atoms with Crippen LogP contribution in [-0.2, 0) is 15.4 Å². The van der Waals surface area contributed by atoms with Crippen LogP contribution in [0.25, 0.3) is 0 Å². The van der Waals surface area contributed by atoms with Gasteiger partial charge >= 0.3 is 0 Å². The zero-order chi connectivity index (χ0) is 16.0. The molecule has 0 spiro atoms. The Morgan fingerprint density at radius 1 is 1.05 bits per heavy atom. The maximum atomic E-state index is 13.1.